The largest absolute Gasteiger partial charge is 0.772 e. The molecule has 4 nitrogen and oxygen atoms in total. The van der Waals surface area contributed by atoms with Gasteiger partial charge in [-0.15, -0.1) is 0 Å². The molecule has 0 aliphatic heterocycles. The van der Waals surface area contributed by atoms with Gasteiger partial charge >= 0.3 is 0 Å². The quantitative estimate of drug-likeness (QED) is 0.823. The topological polar surface area (TPSA) is 65.0 Å². The van der Waals surface area contributed by atoms with Crippen LogP contribution in [0.5, 0.6) is 0 Å². The predicted octanol–water partition coefficient (Wildman–Crippen LogP) is 3.20. The average Bonchev–Trinajstić information content (AvgIpc) is 2.53. The lowest BCUT2D eigenvalue weighted by molar-refractivity contribution is 0.460. The van der Waals surface area contributed by atoms with Crippen molar-refractivity contribution >= 4 is 11.1 Å². The van der Waals surface area contributed by atoms with Crippen molar-refractivity contribution < 1.29 is 13.2 Å². The minimum Gasteiger partial charge on any atom is -0.772 e. The third-order valence-corrected chi connectivity index (χ3v) is 4.76. The molecule has 1 N–H and O–H groups in total. The molecule has 0 aliphatic carbocycles. The van der Waals surface area contributed by atoms with Crippen molar-refractivity contribution in [1.82, 2.24) is 10.3 Å². The Hall–Kier alpha value is -1.63. The van der Waals surface area contributed by atoms with E-state index in [1.807, 2.05) is 19.1 Å². The first-order valence-corrected chi connectivity index (χ1v) is 8.42. The third-order valence-electron chi connectivity index (χ3n) is 3.71. The number of nitrogens with one attached hydrogen (secondary N) is 1. The van der Waals surface area contributed by atoms with E-state index in [9.17, 15) is 13.2 Å². The summed E-state index contributed by atoms with van der Waals surface area (Å²) in [7, 11) is 0. The van der Waals surface area contributed by atoms with E-state index in [2.05, 4.69) is 10.3 Å². The van der Waals surface area contributed by atoms with Crippen molar-refractivity contribution in [1.29, 1.82) is 0 Å². The van der Waals surface area contributed by atoms with E-state index in [-0.39, 0.29) is 11.9 Å². The summed E-state index contributed by atoms with van der Waals surface area (Å²) in [4.78, 5) is 4.40. The highest BCUT2D eigenvalue weighted by Gasteiger charge is 2.20. The van der Waals surface area contributed by atoms with Crippen LogP contribution in [0.3, 0.4) is 0 Å². The van der Waals surface area contributed by atoms with Crippen LogP contribution in [-0.2, 0) is 11.1 Å². The van der Waals surface area contributed by atoms with Crippen LogP contribution in [0, 0.1) is 5.82 Å². The van der Waals surface area contributed by atoms with Gasteiger partial charge in [0.15, 0.2) is 0 Å². The maximum atomic E-state index is 12.9. The summed E-state index contributed by atoms with van der Waals surface area (Å²) in [5.41, 5.74) is 2.58. The highest BCUT2D eigenvalue weighted by Crippen LogP contribution is 2.20. The fraction of sp³-hybridized carbons (Fsp3) is 0.353. The highest BCUT2D eigenvalue weighted by molar-refractivity contribution is 7.80. The minimum absolute atomic E-state index is 0.0207. The van der Waals surface area contributed by atoms with Gasteiger partial charge in [-0.2, -0.15) is 0 Å². The fourth-order valence-corrected chi connectivity index (χ4v) is 2.23. The zero-order valence-electron chi connectivity index (χ0n) is 13.4. The van der Waals surface area contributed by atoms with E-state index in [1.54, 1.807) is 32.2 Å². The van der Waals surface area contributed by atoms with Crippen LogP contribution in [0.25, 0.3) is 11.3 Å². The zero-order chi connectivity index (χ0) is 17.0. The van der Waals surface area contributed by atoms with Crippen LogP contribution in [0.4, 0.5) is 4.39 Å². The van der Waals surface area contributed by atoms with Crippen LogP contribution in [0.2, 0.25) is 0 Å². The molecule has 0 saturated carbocycles. The molecule has 1 aromatic heterocycles. The number of halogens is 1. The van der Waals surface area contributed by atoms with Crippen molar-refractivity contribution in [3.05, 3.63) is 54.0 Å². The van der Waals surface area contributed by atoms with Gasteiger partial charge in [0.1, 0.15) is 5.82 Å². The second-order valence-electron chi connectivity index (χ2n) is 6.08. The molecule has 1 unspecified atom stereocenters. The average molecular weight is 335 g/mol. The third kappa shape index (κ3) is 4.67. The Bertz CT molecular complexity index is 672. The number of pyridine rings is 1. The van der Waals surface area contributed by atoms with E-state index >= 15 is 0 Å². The first-order valence-electron chi connectivity index (χ1n) is 7.34. The molecular formula is C17H20FN2O2S-. The SMILES string of the molecule is C[C@H](NCC(C)(C)S(=O)[O-])c1ccc(-c2ccc(F)cc2)nc1. The van der Waals surface area contributed by atoms with Gasteiger partial charge in [0.05, 0.1) is 5.69 Å². The lowest BCUT2D eigenvalue weighted by Gasteiger charge is -2.29. The normalized spacial score (nSPS) is 14.5. The van der Waals surface area contributed by atoms with Crippen LogP contribution in [-0.4, -0.2) is 25.0 Å². The molecule has 6 heteroatoms. The monoisotopic (exact) mass is 335 g/mol. The molecule has 124 valence electrons. The van der Waals surface area contributed by atoms with Crippen LogP contribution < -0.4 is 5.32 Å². The molecule has 0 amide bonds. The van der Waals surface area contributed by atoms with E-state index in [4.69, 9.17) is 0 Å². The Kier molecular flexibility index (Phi) is 5.62. The molecule has 2 atom stereocenters. The Labute approximate surface area is 138 Å². The second-order valence-corrected chi connectivity index (χ2v) is 7.66. The summed E-state index contributed by atoms with van der Waals surface area (Å²) in [6, 6.07) is 9.96. The van der Waals surface area contributed by atoms with Crippen molar-refractivity contribution in [2.45, 2.75) is 31.6 Å². The fourth-order valence-electron chi connectivity index (χ4n) is 2.03. The molecule has 0 radical (unpaired) electrons. The number of hydrogen-bond acceptors (Lipinski definition) is 4. The summed E-state index contributed by atoms with van der Waals surface area (Å²) in [6.07, 6.45) is 1.75. The lowest BCUT2D eigenvalue weighted by Crippen LogP contribution is -2.39. The van der Waals surface area contributed by atoms with Gasteiger partial charge in [0.25, 0.3) is 0 Å². The van der Waals surface area contributed by atoms with Gasteiger partial charge in [-0.05, 0) is 67.7 Å². The van der Waals surface area contributed by atoms with Gasteiger partial charge in [-0.25, -0.2) is 4.39 Å². The number of aromatic nitrogens is 1. The van der Waals surface area contributed by atoms with Gasteiger partial charge in [0, 0.05) is 29.1 Å². The Morgan fingerprint density at radius 1 is 1.26 bits per heavy atom. The van der Waals surface area contributed by atoms with Crippen molar-refractivity contribution in [3.8, 4) is 11.3 Å². The predicted molar refractivity (Wildman–Crippen MR) is 89.0 cm³/mol. The first kappa shape index (κ1) is 17.7. The molecule has 23 heavy (non-hydrogen) atoms. The molecule has 0 aliphatic rings. The summed E-state index contributed by atoms with van der Waals surface area (Å²) < 4.78 is 34.3. The molecule has 2 aromatic rings. The van der Waals surface area contributed by atoms with Crippen LogP contribution >= 0.6 is 0 Å². The summed E-state index contributed by atoms with van der Waals surface area (Å²) >= 11 is -2.14. The van der Waals surface area contributed by atoms with Crippen LogP contribution in [0.15, 0.2) is 42.6 Å². The highest BCUT2D eigenvalue weighted by atomic mass is 32.2. The number of rotatable bonds is 6. The zero-order valence-corrected chi connectivity index (χ0v) is 14.2. The summed E-state index contributed by atoms with van der Waals surface area (Å²) in [5, 5.41) is 3.20. The Balaban J connectivity index is 2.04. The van der Waals surface area contributed by atoms with Gasteiger partial charge < -0.3 is 9.87 Å². The molecule has 1 aromatic carbocycles. The summed E-state index contributed by atoms with van der Waals surface area (Å²) in [5.74, 6) is -0.276. The van der Waals surface area contributed by atoms with E-state index < -0.39 is 15.8 Å². The standard InChI is InChI=1S/C17H21FN2O2S/c1-12(20-11-17(2,3)23(21)22)14-6-9-16(19-10-14)13-4-7-15(18)8-5-13/h4-10,12,20H,11H2,1-3H3,(H,21,22)/p-1/t12-/m0/s1. The van der Waals surface area contributed by atoms with E-state index in [0.29, 0.717) is 6.54 Å². The molecule has 2 rings (SSSR count). The number of nitrogens with zero attached hydrogens (tertiary/aromatic N) is 1. The van der Waals surface area contributed by atoms with Gasteiger partial charge in [-0.1, -0.05) is 6.07 Å². The smallest absolute Gasteiger partial charge is 0.123 e. The molecule has 0 saturated heterocycles. The van der Waals surface area contributed by atoms with Crippen molar-refractivity contribution in [2.75, 3.05) is 6.54 Å². The first-order chi connectivity index (χ1) is 10.8. The maximum Gasteiger partial charge on any atom is 0.123 e. The van der Waals surface area contributed by atoms with Gasteiger partial charge in [0.2, 0.25) is 0 Å². The number of benzene rings is 1. The van der Waals surface area contributed by atoms with Crippen molar-refractivity contribution in [2.24, 2.45) is 0 Å². The Morgan fingerprint density at radius 3 is 2.43 bits per heavy atom. The molecular weight excluding hydrogens is 315 g/mol. The second kappa shape index (κ2) is 7.29. The van der Waals surface area contributed by atoms with Crippen molar-refractivity contribution in [3.63, 3.8) is 0 Å². The number of hydrogen-bond donors (Lipinski definition) is 1. The Morgan fingerprint density at radius 2 is 1.91 bits per heavy atom. The molecule has 0 fully saturated rings. The molecule has 1 heterocycles. The van der Waals surface area contributed by atoms with E-state index in [0.717, 1.165) is 16.8 Å². The molecule has 0 bridgehead atoms. The summed E-state index contributed by atoms with van der Waals surface area (Å²) in [6.45, 7) is 5.65. The maximum absolute atomic E-state index is 12.9. The van der Waals surface area contributed by atoms with E-state index in [1.165, 1.54) is 12.1 Å². The minimum atomic E-state index is -2.14. The molecule has 0 spiro atoms. The lowest BCUT2D eigenvalue weighted by atomic mass is 10.1. The van der Waals surface area contributed by atoms with Gasteiger partial charge in [-0.3, -0.25) is 9.19 Å². The van der Waals surface area contributed by atoms with Crippen LogP contribution in [0.1, 0.15) is 32.4 Å².